The molecule has 4 aromatic rings. The van der Waals surface area contributed by atoms with Crippen molar-refractivity contribution in [3.8, 4) is 16.9 Å². The number of ether oxygens (including phenoxy) is 1. The molecule has 2 aromatic heterocycles. The van der Waals surface area contributed by atoms with Crippen LogP contribution in [0.1, 0.15) is 25.7 Å². The van der Waals surface area contributed by atoms with Crippen LogP contribution >= 0.6 is 0 Å². The molecule has 4 aliphatic rings. The third kappa shape index (κ3) is 5.18. The Morgan fingerprint density at radius 2 is 1.85 bits per heavy atom. The number of carbonyl (C=O) groups excluding carboxylic acids is 2. The van der Waals surface area contributed by atoms with Crippen LogP contribution in [0.25, 0.3) is 22.0 Å². The maximum absolute atomic E-state index is 15.8. The Morgan fingerprint density at radius 1 is 1.04 bits per heavy atom. The van der Waals surface area contributed by atoms with Crippen LogP contribution in [0.5, 0.6) is 5.75 Å². The maximum atomic E-state index is 15.8. The number of anilines is 4. The normalized spacial score (nSPS) is 22.0. The van der Waals surface area contributed by atoms with Crippen molar-refractivity contribution in [3.63, 3.8) is 0 Å². The molecule has 4 aliphatic heterocycles. The van der Waals surface area contributed by atoms with E-state index in [1.165, 1.54) is 11.0 Å². The van der Waals surface area contributed by atoms with Gasteiger partial charge in [0.05, 0.1) is 30.2 Å². The second kappa shape index (κ2) is 11.7. The largest absolute Gasteiger partial charge is 0.495 e. The molecule has 0 unspecified atom stereocenters. The maximum Gasteiger partial charge on any atom is 0.329 e. The van der Waals surface area contributed by atoms with Gasteiger partial charge in [-0.1, -0.05) is 0 Å². The number of nitrogens with one attached hydrogen (secondary N) is 1. The molecule has 3 amide bonds. The molecule has 3 N–H and O–H groups in total. The summed E-state index contributed by atoms with van der Waals surface area (Å²) in [6, 6.07) is 7.51. The second-order valence-electron chi connectivity index (χ2n) is 13.6. The van der Waals surface area contributed by atoms with Gasteiger partial charge in [-0.25, -0.2) is 9.18 Å². The van der Waals surface area contributed by atoms with E-state index in [4.69, 9.17) is 10.5 Å². The van der Waals surface area contributed by atoms with Crippen molar-refractivity contribution in [2.45, 2.75) is 37.8 Å². The number of aryl methyl sites for hydroxylation is 2. The summed E-state index contributed by atoms with van der Waals surface area (Å²) in [6.45, 7) is 4.87. The van der Waals surface area contributed by atoms with Gasteiger partial charge >= 0.3 is 6.03 Å². The molecule has 13 nitrogen and oxygen atoms in total. The summed E-state index contributed by atoms with van der Waals surface area (Å²) in [5.41, 5.74) is 11.5. The molecular weight excluding hydrogens is 615 g/mol. The van der Waals surface area contributed by atoms with Gasteiger partial charge in [-0.2, -0.15) is 10.2 Å². The molecule has 2 aromatic carbocycles. The Hall–Kier alpha value is -4.85. The average Bonchev–Trinajstić information content (AvgIpc) is 3.85. The van der Waals surface area contributed by atoms with E-state index < -0.39 is 6.03 Å². The average molecular weight is 657 g/mol. The molecule has 2 bridgehead atoms. The van der Waals surface area contributed by atoms with Crippen LogP contribution in [0.4, 0.5) is 32.1 Å². The van der Waals surface area contributed by atoms with Gasteiger partial charge in [0.15, 0.2) is 5.82 Å². The number of benzene rings is 2. The fourth-order valence-electron chi connectivity index (χ4n) is 8.21. The molecule has 0 radical (unpaired) electrons. The SMILES string of the molecule is COc1cc(N2CCC(CN3C[C@@H]4C[C@H]3CN4c3cc4c(cc3F)c(N3CCC(=O)NC3=O)nn4C)CC2)c(-c2cnn(C)c2)cc1N. The Morgan fingerprint density at radius 3 is 2.54 bits per heavy atom. The molecule has 0 spiro atoms. The summed E-state index contributed by atoms with van der Waals surface area (Å²) in [4.78, 5) is 32.8. The molecular formula is C34H41FN10O3. The smallest absolute Gasteiger partial charge is 0.329 e. The number of imide groups is 1. The van der Waals surface area contributed by atoms with Crippen molar-refractivity contribution in [1.82, 2.24) is 29.8 Å². The topological polar surface area (TPSA) is 130 Å². The second-order valence-corrected chi connectivity index (χ2v) is 13.6. The van der Waals surface area contributed by atoms with Crippen LogP contribution < -0.4 is 30.5 Å². The van der Waals surface area contributed by atoms with Gasteiger partial charge in [0.25, 0.3) is 0 Å². The zero-order chi connectivity index (χ0) is 33.3. The number of piperazine rings is 1. The lowest BCUT2D eigenvalue weighted by atomic mass is 9.94. The zero-order valence-electron chi connectivity index (χ0n) is 27.5. The molecule has 0 saturated carbocycles. The summed E-state index contributed by atoms with van der Waals surface area (Å²) < 4.78 is 24.8. The van der Waals surface area contributed by atoms with Crippen molar-refractivity contribution in [2.75, 3.05) is 66.8 Å². The predicted octanol–water partition coefficient (Wildman–Crippen LogP) is 3.33. The van der Waals surface area contributed by atoms with E-state index in [1.54, 1.807) is 23.5 Å². The summed E-state index contributed by atoms with van der Waals surface area (Å²) >= 11 is 0. The molecule has 8 rings (SSSR count). The first-order valence-corrected chi connectivity index (χ1v) is 16.7. The summed E-state index contributed by atoms with van der Waals surface area (Å²) in [5.74, 6) is 1.01. The third-order valence-electron chi connectivity index (χ3n) is 10.7. The minimum Gasteiger partial charge on any atom is -0.495 e. The number of hydrogen-bond acceptors (Lipinski definition) is 9. The van der Waals surface area contributed by atoms with E-state index in [-0.39, 0.29) is 30.7 Å². The number of urea groups is 1. The standard InChI is InChI=1S/C34H41FN10O3/c1-40-17-21(15-37-40)24-12-27(36)31(48-3)14-29(24)42-7-4-20(5-8-42)16-43-18-23-10-22(43)19-45(23)30-13-28-25(11-26(30)35)33(39-41(28)2)44-9-6-32(46)38-34(44)47/h11-15,17,20,22-23H,4-10,16,18-19,36H2,1-3H3,(H,38,46,47)/t22-,23-/m0/s1. The van der Waals surface area contributed by atoms with Gasteiger partial charge in [0.1, 0.15) is 11.6 Å². The molecule has 4 saturated heterocycles. The number of piperidine rings is 1. The highest BCUT2D eigenvalue weighted by atomic mass is 19.1. The Labute approximate surface area is 278 Å². The lowest BCUT2D eigenvalue weighted by Crippen LogP contribution is -2.49. The number of nitrogens with zero attached hydrogens (tertiary/aromatic N) is 8. The summed E-state index contributed by atoms with van der Waals surface area (Å²) in [6.07, 6.45) is 7.28. The minimum atomic E-state index is -0.529. The van der Waals surface area contributed by atoms with E-state index in [0.29, 0.717) is 40.3 Å². The third-order valence-corrected chi connectivity index (χ3v) is 10.7. The van der Waals surface area contributed by atoms with E-state index in [0.717, 1.165) is 74.3 Å². The van der Waals surface area contributed by atoms with Gasteiger partial charge in [-0.3, -0.25) is 29.3 Å². The fourth-order valence-corrected chi connectivity index (χ4v) is 8.21. The number of rotatable bonds is 7. The first-order valence-electron chi connectivity index (χ1n) is 16.7. The number of likely N-dealkylation sites (tertiary alicyclic amines) is 1. The van der Waals surface area contributed by atoms with Crippen LogP contribution in [0.3, 0.4) is 0 Å². The van der Waals surface area contributed by atoms with Gasteiger partial charge in [0.2, 0.25) is 5.91 Å². The van der Waals surface area contributed by atoms with Crippen molar-refractivity contribution in [2.24, 2.45) is 20.0 Å². The highest BCUT2D eigenvalue weighted by Gasteiger charge is 2.45. The summed E-state index contributed by atoms with van der Waals surface area (Å²) in [7, 11) is 5.37. The van der Waals surface area contributed by atoms with Crippen LogP contribution in [0, 0.1) is 11.7 Å². The molecule has 48 heavy (non-hydrogen) atoms. The number of carbonyl (C=O) groups is 2. The van der Waals surface area contributed by atoms with E-state index >= 15 is 4.39 Å². The number of fused-ring (bicyclic) bond motifs is 3. The Bertz CT molecular complexity index is 1910. The van der Waals surface area contributed by atoms with E-state index in [1.807, 2.05) is 31.6 Å². The van der Waals surface area contributed by atoms with Gasteiger partial charge in [-0.05, 0) is 43.4 Å². The van der Waals surface area contributed by atoms with Gasteiger partial charge in [-0.15, -0.1) is 0 Å². The van der Waals surface area contributed by atoms with Crippen molar-refractivity contribution in [3.05, 3.63) is 42.5 Å². The van der Waals surface area contributed by atoms with Crippen LogP contribution in [0.15, 0.2) is 36.7 Å². The Kier molecular flexibility index (Phi) is 7.42. The summed E-state index contributed by atoms with van der Waals surface area (Å²) in [5, 5.41) is 11.8. The molecule has 252 valence electrons. The first kappa shape index (κ1) is 30.5. The predicted molar refractivity (Wildman–Crippen MR) is 182 cm³/mol. The lowest BCUT2D eigenvalue weighted by Gasteiger charge is -2.40. The van der Waals surface area contributed by atoms with E-state index in [9.17, 15) is 9.59 Å². The highest BCUT2D eigenvalue weighted by molar-refractivity contribution is 6.09. The van der Waals surface area contributed by atoms with Gasteiger partial charge < -0.3 is 20.3 Å². The number of halogens is 1. The lowest BCUT2D eigenvalue weighted by molar-refractivity contribution is -0.120. The number of methoxy groups -OCH3 is 1. The molecule has 0 aliphatic carbocycles. The number of aromatic nitrogens is 4. The van der Waals surface area contributed by atoms with Crippen LogP contribution in [-0.2, 0) is 18.9 Å². The molecule has 4 fully saturated rings. The molecule has 2 atom stereocenters. The molecule has 6 heterocycles. The van der Waals surface area contributed by atoms with E-state index in [2.05, 4.69) is 36.3 Å². The molecule has 14 heteroatoms. The highest BCUT2D eigenvalue weighted by Crippen LogP contribution is 2.42. The fraction of sp³-hybridized carbons (Fsp3) is 0.471. The van der Waals surface area contributed by atoms with Crippen molar-refractivity contribution >= 4 is 45.7 Å². The Balaban J connectivity index is 0.927. The number of amides is 3. The van der Waals surface area contributed by atoms with Crippen LogP contribution in [-0.4, -0.2) is 94.9 Å². The van der Waals surface area contributed by atoms with Crippen molar-refractivity contribution < 1.29 is 18.7 Å². The minimum absolute atomic E-state index is 0.182. The number of hydrogen-bond donors (Lipinski definition) is 2. The van der Waals surface area contributed by atoms with Crippen molar-refractivity contribution in [1.29, 1.82) is 0 Å². The quantitative estimate of drug-likeness (QED) is 0.288. The first-order chi connectivity index (χ1) is 23.2. The monoisotopic (exact) mass is 656 g/mol. The number of nitrogen functional groups attached to an aromatic ring is 1. The van der Waals surface area contributed by atoms with Gasteiger partial charge in [0, 0.05) is 106 Å². The van der Waals surface area contributed by atoms with Crippen LogP contribution in [0.2, 0.25) is 0 Å². The number of nitrogens with two attached hydrogens (primary N) is 1. The zero-order valence-corrected chi connectivity index (χ0v) is 27.5.